The molecule has 2 heterocycles. The Morgan fingerprint density at radius 1 is 1.67 bits per heavy atom. The highest BCUT2D eigenvalue weighted by molar-refractivity contribution is 7.12. The maximum absolute atomic E-state index is 11.7. The Morgan fingerprint density at radius 2 is 2.53 bits per heavy atom. The molecule has 4 nitrogen and oxygen atoms in total. The molecule has 0 aliphatic carbocycles. The van der Waals surface area contributed by atoms with Crippen molar-refractivity contribution in [3.05, 3.63) is 40.6 Å². The van der Waals surface area contributed by atoms with Crippen molar-refractivity contribution >= 4 is 17.1 Å². The molecule has 5 heteroatoms. The molecule has 0 saturated carbocycles. The fourth-order valence-electron chi connectivity index (χ4n) is 1.22. The highest BCUT2D eigenvalue weighted by Crippen LogP contribution is 2.10. The van der Waals surface area contributed by atoms with Gasteiger partial charge in [-0.25, -0.2) is 4.98 Å². The Bertz CT molecular complexity index is 507. The van der Waals surface area contributed by atoms with E-state index in [4.69, 9.17) is 5.26 Å². The van der Waals surface area contributed by atoms with Gasteiger partial charge in [0.2, 0.25) is 5.82 Å². The van der Waals surface area contributed by atoms with Crippen LogP contribution in [0.5, 0.6) is 0 Å². The second kappa shape index (κ2) is 4.07. The highest BCUT2D eigenvalue weighted by atomic mass is 32.1. The number of ketones is 1. The van der Waals surface area contributed by atoms with Gasteiger partial charge in [-0.15, -0.1) is 11.3 Å². The first-order valence-electron chi connectivity index (χ1n) is 4.29. The van der Waals surface area contributed by atoms with Crippen LogP contribution in [0.25, 0.3) is 0 Å². The van der Waals surface area contributed by atoms with E-state index in [9.17, 15) is 4.79 Å². The number of hydrogen-bond acceptors (Lipinski definition) is 4. The number of carbonyl (C=O) groups excluding carboxylic acids is 1. The summed E-state index contributed by atoms with van der Waals surface area (Å²) in [4.78, 5) is 16.2. The molecule has 0 N–H and O–H groups in total. The molecule has 0 unspecified atom stereocenters. The Hall–Kier alpha value is -1.93. The monoisotopic (exact) mass is 217 g/mol. The van der Waals surface area contributed by atoms with Gasteiger partial charge >= 0.3 is 0 Å². The molecule has 0 radical (unpaired) electrons. The van der Waals surface area contributed by atoms with Crippen LogP contribution in [0.3, 0.4) is 0 Å². The average molecular weight is 217 g/mol. The summed E-state index contributed by atoms with van der Waals surface area (Å²) in [5.41, 5.74) is 0. The molecular formula is C10H7N3OS. The third-order valence-corrected chi connectivity index (χ3v) is 2.84. The van der Waals surface area contributed by atoms with Crippen molar-refractivity contribution in [1.29, 1.82) is 5.26 Å². The zero-order valence-electron chi connectivity index (χ0n) is 7.75. The predicted octanol–water partition coefficient (Wildman–Crippen LogP) is 1.70. The van der Waals surface area contributed by atoms with Crippen molar-refractivity contribution in [2.45, 2.75) is 6.54 Å². The van der Waals surface area contributed by atoms with Crippen LogP contribution >= 0.6 is 11.3 Å². The van der Waals surface area contributed by atoms with Crippen molar-refractivity contribution in [3.8, 4) is 6.07 Å². The predicted molar refractivity (Wildman–Crippen MR) is 55.6 cm³/mol. The molecule has 74 valence electrons. The molecule has 0 fully saturated rings. The van der Waals surface area contributed by atoms with Gasteiger partial charge in [0.1, 0.15) is 6.07 Å². The van der Waals surface area contributed by atoms with E-state index in [2.05, 4.69) is 4.98 Å². The van der Waals surface area contributed by atoms with Crippen molar-refractivity contribution < 1.29 is 4.79 Å². The van der Waals surface area contributed by atoms with Crippen LogP contribution in [-0.2, 0) is 6.54 Å². The summed E-state index contributed by atoms with van der Waals surface area (Å²) in [5, 5.41) is 10.6. The molecule has 0 amide bonds. The summed E-state index contributed by atoms with van der Waals surface area (Å²) >= 11 is 1.40. The van der Waals surface area contributed by atoms with Crippen LogP contribution in [0.15, 0.2) is 29.9 Å². The fraction of sp³-hybridized carbons (Fsp3) is 0.100. The summed E-state index contributed by atoms with van der Waals surface area (Å²) in [6, 6.07) is 5.53. The van der Waals surface area contributed by atoms with Crippen LogP contribution in [0.1, 0.15) is 15.5 Å². The van der Waals surface area contributed by atoms with Crippen LogP contribution in [-0.4, -0.2) is 15.3 Å². The van der Waals surface area contributed by atoms with Gasteiger partial charge in [0.25, 0.3) is 0 Å². The van der Waals surface area contributed by atoms with Crippen molar-refractivity contribution in [3.63, 3.8) is 0 Å². The highest BCUT2D eigenvalue weighted by Gasteiger charge is 2.09. The summed E-state index contributed by atoms with van der Waals surface area (Å²) in [6.07, 6.45) is 3.14. The molecule has 0 aromatic carbocycles. The van der Waals surface area contributed by atoms with Crippen LogP contribution in [0, 0.1) is 11.3 Å². The number of nitrogens with zero attached hydrogens (tertiary/aromatic N) is 3. The molecule has 0 atom stereocenters. The molecule has 2 aromatic heterocycles. The largest absolute Gasteiger partial charge is 0.315 e. The number of rotatable bonds is 3. The van der Waals surface area contributed by atoms with Crippen molar-refractivity contribution in [2.75, 3.05) is 0 Å². The fourth-order valence-corrected chi connectivity index (χ4v) is 1.88. The summed E-state index contributed by atoms with van der Waals surface area (Å²) in [6.45, 7) is 0.170. The number of aromatic nitrogens is 2. The first kappa shape index (κ1) is 9.62. The third kappa shape index (κ3) is 1.95. The Labute approximate surface area is 90.4 Å². The van der Waals surface area contributed by atoms with E-state index in [1.807, 2.05) is 17.5 Å². The lowest BCUT2D eigenvalue weighted by Gasteiger charge is -2.00. The molecule has 0 saturated heterocycles. The average Bonchev–Trinajstić information content (AvgIpc) is 2.87. The Kier molecular flexibility index (Phi) is 2.61. The lowest BCUT2D eigenvalue weighted by atomic mass is 10.3. The van der Waals surface area contributed by atoms with Gasteiger partial charge in [-0.2, -0.15) is 5.26 Å². The summed E-state index contributed by atoms with van der Waals surface area (Å²) < 4.78 is 1.54. The van der Waals surface area contributed by atoms with E-state index >= 15 is 0 Å². The van der Waals surface area contributed by atoms with Crippen molar-refractivity contribution in [2.24, 2.45) is 0 Å². The lowest BCUT2D eigenvalue weighted by Crippen LogP contribution is -2.09. The van der Waals surface area contributed by atoms with Crippen LogP contribution in [0.4, 0.5) is 0 Å². The number of carbonyl (C=O) groups is 1. The first-order valence-corrected chi connectivity index (χ1v) is 5.17. The normalized spacial score (nSPS) is 9.80. The van der Waals surface area contributed by atoms with Gasteiger partial charge < -0.3 is 4.57 Å². The maximum Gasteiger partial charge on any atom is 0.213 e. The zero-order valence-corrected chi connectivity index (χ0v) is 8.57. The SMILES string of the molecule is N#Cc1nccn1CC(=O)c1cccs1. The minimum Gasteiger partial charge on any atom is -0.315 e. The maximum atomic E-state index is 11.7. The second-order valence-electron chi connectivity index (χ2n) is 2.89. The van der Waals surface area contributed by atoms with E-state index in [1.54, 1.807) is 16.8 Å². The van der Waals surface area contributed by atoms with Gasteiger partial charge in [-0.3, -0.25) is 4.79 Å². The minimum absolute atomic E-state index is 0.000463. The molecule has 0 aliphatic rings. The lowest BCUT2D eigenvalue weighted by molar-refractivity contribution is 0.0975. The van der Waals surface area contributed by atoms with Crippen molar-refractivity contribution in [1.82, 2.24) is 9.55 Å². The van der Waals surface area contributed by atoms with E-state index in [-0.39, 0.29) is 18.2 Å². The Balaban J connectivity index is 2.17. The van der Waals surface area contributed by atoms with Crippen LogP contribution < -0.4 is 0 Å². The van der Waals surface area contributed by atoms with E-state index in [0.29, 0.717) is 4.88 Å². The zero-order chi connectivity index (χ0) is 10.7. The summed E-state index contributed by atoms with van der Waals surface area (Å²) in [7, 11) is 0. The number of Topliss-reactive ketones (excluding diaryl/α,β-unsaturated/α-hetero) is 1. The molecule has 15 heavy (non-hydrogen) atoms. The van der Waals surface area contributed by atoms with Gasteiger partial charge in [-0.05, 0) is 11.4 Å². The van der Waals surface area contributed by atoms with Gasteiger partial charge in [0.05, 0.1) is 11.4 Å². The molecular weight excluding hydrogens is 210 g/mol. The van der Waals surface area contributed by atoms with Gasteiger partial charge in [0, 0.05) is 12.4 Å². The first-order chi connectivity index (χ1) is 7.31. The molecule has 0 aliphatic heterocycles. The van der Waals surface area contributed by atoms with E-state index < -0.39 is 0 Å². The molecule has 0 spiro atoms. The third-order valence-electron chi connectivity index (χ3n) is 1.93. The molecule has 2 rings (SSSR count). The number of thiophene rings is 1. The standard InChI is InChI=1S/C10H7N3OS/c11-6-10-12-3-4-13(10)7-8(14)9-2-1-5-15-9/h1-5H,7H2. The molecule has 0 bridgehead atoms. The quantitative estimate of drug-likeness (QED) is 0.735. The second-order valence-corrected chi connectivity index (χ2v) is 3.84. The van der Waals surface area contributed by atoms with E-state index in [1.165, 1.54) is 17.5 Å². The van der Waals surface area contributed by atoms with Gasteiger partial charge in [0.15, 0.2) is 5.78 Å². The van der Waals surface area contributed by atoms with Gasteiger partial charge in [-0.1, -0.05) is 6.07 Å². The number of hydrogen-bond donors (Lipinski definition) is 0. The van der Waals surface area contributed by atoms with Crippen LogP contribution in [0.2, 0.25) is 0 Å². The minimum atomic E-state index is -0.000463. The topological polar surface area (TPSA) is 58.7 Å². The summed E-state index contributed by atoms with van der Waals surface area (Å²) in [5.74, 6) is 0.263. The Morgan fingerprint density at radius 3 is 3.20 bits per heavy atom. The number of nitriles is 1. The number of imidazole rings is 1. The molecule has 2 aromatic rings. The van der Waals surface area contributed by atoms with E-state index in [0.717, 1.165) is 0 Å². The smallest absolute Gasteiger partial charge is 0.213 e.